The Morgan fingerprint density at radius 2 is 1.77 bits per heavy atom. The molecule has 2 aromatic carbocycles. The van der Waals surface area contributed by atoms with Crippen LogP contribution in [0.2, 0.25) is 0 Å². The topological polar surface area (TPSA) is 81.2 Å². The molecule has 1 N–H and O–H groups in total. The number of thiazole rings is 1. The van der Waals surface area contributed by atoms with Gasteiger partial charge in [-0.15, -0.1) is 11.3 Å². The van der Waals surface area contributed by atoms with E-state index in [1.165, 1.54) is 11.3 Å². The van der Waals surface area contributed by atoms with Crippen molar-refractivity contribution < 1.29 is 14.3 Å². The zero-order valence-electron chi connectivity index (χ0n) is 17.2. The first-order chi connectivity index (χ1) is 15.0. The maximum absolute atomic E-state index is 13.0. The molecule has 0 spiro atoms. The summed E-state index contributed by atoms with van der Waals surface area (Å²) in [6, 6.07) is 20.3. The number of fused-ring (bicyclic) bond motifs is 1. The van der Waals surface area contributed by atoms with Gasteiger partial charge in [-0.1, -0.05) is 43.3 Å². The van der Waals surface area contributed by atoms with Gasteiger partial charge in [0.2, 0.25) is 0 Å². The lowest BCUT2D eigenvalue weighted by Crippen LogP contribution is -2.32. The molecular formula is C24H21N3O3S. The lowest BCUT2D eigenvalue weighted by atomic mass is 10.1. The second kappa shape index (κ2) is 9.06. The molecule has 0 saturated carbocycles. The van der Waals surface area contributed by atoms with Gasteiger partial charge >= 0.3 is 5.97 Å². The SMILES string of the molecule is CCC(OC(=O)c1ccccc1-c1nc2ccccc2s1)C(=O)Nc1cccc(C)n1. The zero-order chi connectivity index (χ0) is 21.8. The first-order valence-corrected chi connectivity index (χ1v) is 10.8. The third-order valence-corrected chi connectivity index (χ3v) is 5.79. The van der Waals surface area contributed by atoms with E-state index in [0.29, 0.717) is 23.4 Å². The highest BCUT2D eigenvalue weighted by molar-refractivity contribution is 7.21. The van der Waals surface area contributed by atoms with Crippen LogP contribution in [-0.2, 0) is 9.53 Å². The molecule has 0 aliphatic carbocycles. The van der Waals surface area contributed by atoms with Crippen LogP contribution in [0, 0.1) is 6.92 Å². The number of hydrogen-bond donors (Lipinski definition) is 1. The monoisotopic (exact) mass is 431 g/mol. The predicted molar refractivity (Wildman–Crippen MR) is 122 cm³/mol. The Hall–Kier alpha value is -3.58. The predicted octanol–water partition coefficient (Wildman–Crippen LogP) is 5.24. The van der Waals surface area contributed by atoms with Crippen molar-refractivity contribution in [3.8, 4) is 10.6 Å². The smallest absolute Gasteiger partial charge is 0.339 e. The maximum atomic E-state index is 13.0. The Morgan fingerprint density at radius 3 is 2.55 bits per heavy atom. The number of aromatic nitrogens is 2. The molecule has 0 saturated heterocycles. The van der Waals surface area contributed by atoms with Gasteiger partial charge in [-0.3, -0.25) is 4.79 Å². The van der Waals surface area contributed by atoms with E-state index in [1.54, 1.807) is 31.2 Å². The van der Waals surface area contributed by atoms with E-state index < -0.39 is 18.0 Å². The third kappa shape index (κ3) is 4.62. The van der Waals surface area contributed by atoms with Crippen LogP contribution in [0.5, 0.6) is 0 Å². The van der Waals surface area contributed by atoms with E-state index in [1.807, 2.05) is 49.4 Å². The van der Waals surface area contributed by atoms with Crippen molar-refractivity contribution in [3.05, 3.63) is 78.0 Å². The van der Waals surface area contributed by atoms with Crippen molar-refractivity contribution >= 4 is 39.2 Å². The van der Waals surface area contributed by atoms with Crippen LogP contribution in [0.25, 0.3) is 20.8 Å². The first kappa shape index (κ1) is 20.7. The van der Waals surface area contributed by atoms with Gasteiger partial charge in [-0.2, -0.15) is 0 Å². The Morgan fingerprint density at radius 1 is 1.00 bits per heavy atom. The number of rotatable bonds is 6. The van der Waals surface area contributed by atoms with Gasteiger partial charge in [0.05, 0.1) is 15.8 Å². The van der Waals surface area contributed by atoms with Gasteiger partial charge in [0.1, 0.15) is 10.8 Å². The molecule has 0 radical (unpaired) electrons. The number of hydrogen-bond acceptors (Lipinski definition) is 6. The van der Waals surface area contributed by atoms with Gasteiger partial charge in [-0.05, 0) is 43.7 Å². The summed E-state index contributed by atoms with van der Waals surface area (Å²) in [5.41, 5.74) is 2.72. The molecule has 6 nitrogen and oxygen atoms in total. The molecule has 0 fully saturated rings. The first-order valence-electron chi connectivity index (χ1n) is 9.95. The summed E-state index contributed by atoms with van der Waals surface area (Å²) < 4.78 is 6.62. The molecule has 31 heavy (non-hydrogen) atoms. The number of aryl methyl sites for hydroxylation is 1. The number of pyridine rings is 1. The number of esters is 1. The lowest BCUT2D eigenvalue weighted by Gasteiger charge is -2.16. The number of carbonyl (C=O) groups excluding carboxylic acids is 2. The minimum Gasteiger partial charge on any atom is -0.449 e. The Balaban J connectivity index is 1.55. The van der Waals surface area contributed by atoms with Crippen LogP contribution >= 0.6 is 11.3 Å². The molecule has 156 valence electrons. The van der Waals surface area contributed by atoms with Crippen molar-refractivity contribution in [2.45, 2.75) is 26.4 Å². The maximum Gasteiger partial charge on any atom is 0.339 e. The molecule has 4 rings (SSSR count). The lowest BCUT2D eigenvalue weighted by molar-refractivity contribution is -0.124. The third-order valence-electron chi connectivity index (χ3n) is 4.72. The van der Waals surface area contributed by atoms with Crippen molar-refractivity contribution in [3.63, 3.8) is 0 Å². The molecule has 0 bridgehead atoms. The summed E-state index contributed by atoms with van der Waals surface area (Å²) in [6.45, 7) is 3.63. The largest absolute Gasteiger partial charge is 0.449 e. The summed E-state index contributed by atoms with van der Waals surface area (Å²) in [5.74, 6) is -0.546. The molecule has 1 atom stereocenters. The Labute approximate surface area is 183 Å². The highest BCUT2D eigenvalue weighted by Crippen LogP contribution is 2.32. The normalized spacial score (nSPS) is 11.8. The number of para-hydroxylation sites is 1. The number of anilines is 1. The van der Waals surface area contributed by atoms with Crippen LogP contribution in [0.1, 0.15) is 29.4 Å². The van der Waals surface area contributed by atoms with E-state index in [9.17, 15) is 9.59 Å². The number of nitrogens with zero attached hydrogens (tertiary/aromatic N) is 2. The second-order valence-electron chi connectivity index (χ2n) is 6.99. The van der Waals surface area contributed by atoms with Crippen LogP contribution in [0.3, 0.4) is 0 Å². The highest BCUT2D eigenvalue weighted by atomic mass is 32.1. The molecule has 1 amide bonds. The molecule has 4 aromatic rings. The molecule has 7 heteroatoms. The molecule has 2 aromatic heterocycles. The van der Waals surface area contributed by atoms with E-state index in [2.05, 4.69) is 15.3 Å². The van der Waals surface area contributed by atoms with Gasteiger partial charge in [0.25, 0.3) is 5.91 Å². The summed E-state index contributed by atoms with van der Waals surface area (Å²) in [4.78, 5) is 34.6. The van der Waals surface area contributed by atoms with Crippen LogP contribution in [0.15, 0.2) is 66.7 Å². The molecular weight excluding hydrogens is 410 g/mol. The molecule has 1 unspecified atom stereocenters. The van der Waals surface area contributed by atoms with Crippen molar-refractivity contribution in [1.29, 1.82) is 0 Å². The fourth-order valence-electron chi connectivity index (χ4n) is 3.17. The van der Waals surface area contributed by atoms with Crippen molar-refractivity contribution in [1.82, 2.24) is 9.97 Å². The number of carbonyl (C=O) groups is 2. The average Bonchev–Trinajstić information content (AvgIpc) is 3.21. The minimum atomic E-state index is -0.932. The summed E-state index contributed by atoms with van der Waals surface area (Å²) in [7, 11) is 0. The number of ether oxygens (including phenoxy) is 1. The minimum absolute atomic E-state index is 0.340. The average molecular weight is 432 g/mol. The Bertz CT molecular complexity index is 1220. The van der Waals surface area contributed by atoms with Crippen molar-refractivity contribution in [2.24, 2.45) is 0 Å². The van der Waals surface area contributed by atoms with E-state index in [4.69, 9.17) is 4.74 Å². The molecule has 0 aliphatic rings. The van der Waals surface area contributed by atoms with Crippen LogP contribution < -0.4 is 5.32 Å². The quantitative estimate of drug-likeness (QED) is 0.422. The number of amides is 1. The number of nitrogens with one attached hydrogen (secondary N) is 1. The van der Waals surface area contributed by atoms with Crippen LogP contribution in [0.4, 0.5) is 5.82 Å². The summed E-state index contributed by atoms with van der Waals surface area (Å²) in [5, 5.41) is 3.45. The van der Waals surface area contributed by atoms with Gasteiger partial charge < -0.3 is 10.1 Å². The fourth-order valence-corrected chi connectivity index (χ4v) is 4.17. The van der Waals surface area contributed by atoms with E-state index in [-0.39, 0.29) is 0 Å². The van der Waals surface area contributed by atoms with Gasteiger partial charge in [-0.25, -0.2) is 14.8 Å². The van der Waals surface area contributed by atoms with E-state index >= 15 is 0 Å². The fraction of sp³-hybridized carbons (Fsp3) is 0.167. The summed E-state index contributed by atoms with van der Waals surface area (Å²) >= 11 is 1.51. The van der Waals surface area contributed by atoms with Gasteiger partial charge in [0, 0.05) is 11.3 Å². The second-order valence-corrected chi connectivity index (χ2v) is 8.02. The van der Waals surface area contributed by atoms with E-state index in [0.717, 1.165) is 20.9 Å². The summed E-state index contributed by atoms with van der Waals surface area (Å²) in [6.07, 6.45) is -0.592. The molecule has 0 aliphatic heterocycles. The highest BCUT2D eigenvalue weighted by Gasteiger charge is 2.24. The van der Waals surface area contributed by atoms with Gasteiger partial charge in [0.15, 0.2) is 6.10 Å². The molecule has 2 heterocycles. The zero-order valence-corrected chi connectivity index (χ0v) is 18.0. The van der Waals surface area contributed by atoms with Crippen molar-refractivity contribution in [2.75, 3.05) is 5.32 Å². The standard InChI is InChI=1S/C24H21N3O3S/c1-3-19(22(28)27-21-14-8-9-15(2)25-21)30-24(29)17-11-5-4-10-16(17)23-26-18-12-6-7-13-20(18)31-23/h4-14,19H,3H2,1-2H3,(H,25,27,28). The number of benzene rings is 2. The van der Waals surface area contributed by atoms with Crippen LogP contribution in [-0.4, -0.2) is 27.9 Å². The Kier molecular flexibility index (Phi) is 6.04.